The minimum absolute atomic E-state index is 0.881. The Morgan fingerprint density at radius 1 is 0.882 bits per heavy atom. The lowest BCUT2D eigenvalue weighted by Crippen LogP contribution is -2.28. The van der Waals surface area contributed by atoms with Crippen LogP contribution in [0.5, 0.6) is 0 Å². The number of nitrogens with zero attached hydrogens (tertiary/aromatic N) is 1. The summed E-state index contributed by atoms with van der Waals surface area (Å²) in [6.45, 7) is 9.75. The van der Waals surface area contributed by atoms with Crippen LogP contribution in [0.15, 0.2) is 0 Å². The fourth-order valence-electron chi connectivity index (χ4n) is 2.15. The predicted octanol–water partition coefficient (Wildman–Crippen LogP) is 3.42. The third kappa shape index (κ3) is 8.62. The zero-order valence-corrected chi connectivity index (χ0v) is 12.0. The third-order valence-electron chi connectivity index (χ3n) is 3.57. The van der Waals surface area contributed by atoms with Gasteiger partial charge in [-0.15, -0.1) is 0 Å². The highest BCUT2D eigenvalue weighted by atomic mass is 15.1. The summed E-state index contributed by atoms with van der Waals surface area (Å²) < 4.78 is 0. The first-order valence-corrected chi connectivity index (χ1v) is 7.82. The van der Waals surface area contributed by atoms with Gasteiger partial charge >= 0.3 is 0 Å². The molecule has 0 aromatic carbocycles. The Balaban J connectivity index is 1.95. The Morgan fingerprint density at radius 3 is 2.00 bits per heavy atom. The molecule has 17 heavy (non-hydrogen) atoms. The van der Waals surface area contributed by atoms with E-state index >= 15 is 0 Å². The van der Waals surface area contributed by atoms with E-state index in [0.29, 0.717) is 0 Å². The zero-order valence-electron chi connectivity index (χ0n) is 12.0. The van der Waals surface area contributed by atoms with Crippen molar-refractivity contribution in [3.63, 3.8) is 0 Å². The van der Waals surface area contributed by atoms with E-state index in [-0.39, 0.29) is 0 Å². The molecule has 2 nitrogen and oxygen atoms in total. The van der Waals surface area contributed by atoms with Gasteiger partial charge < -0.3 is 10.2 Å². The molecular formula is C15H32N2. The minimum atomic E-state index is 0.881. The van der Waals surface area contributed by atoms with Gasteiger partial charge in [0.05, 0.1) is 0 Å². The molecule has 1 aliphatic carbocycles. The molecule has 0 aliphatic heterocycles. The highest BCUT2D eigenvalue weighted by Gasteiger charge is 2.19. The van der Waals surface area contributed by atoms with Gasteiger partial charge in [-0.1, -0.05) is 26.7 Å². The lowest BCUT2D eigenvalue weighted by molar-refractivity contribution is 0.259. The average Bonchev–Trinajstić information content (AvgIpc) is 3.15. The van der Waals surface area contributed by atoms with Gasteiger partial charge in [0.1, 0.15) is 0 Å². The second kappa shape index (κ2) is 9.90. The predicted molar refractivity (Wildman–Crippen MR) is 76.5 cm³/mol. The molecule has 1 N–H and O–H groups in total. The minimum Gasteiger partial charge on any atom is -0.314 e. The summed E-state index contributed by atoms with van der Waals surface area (Å²) in [5.74, 6) is 0. The van der Waals surface area contributed by atoms with Crippen molar-refractivity contribution in [3.8, 4) is 0 Å². The molecule has 0 aromatic rings. The summed E-state index contributed by atoms with van der Waals surface area (Å²) in [5, 5.41) is 3.60. The van der Waals surface area contributed by atoms with E-state index in [1.165, 1.54) is 77.5 Å². The molecule has 0 unspecified atom stereocenters. The standard InChI is InChI=1S/C15H32N2/c1-3-5-12-17(13-6-4-2)14-8-7-11-16-15-9-10-15/h15-16H,3-14H2,1-2H3. The highest BCUT2D eigenvalue weighted by molar-refractivity contribution is 4.80. The largest absolute Gasteiger partial charge is 0.314 e. The zero-order chi connectivity index (χ0) is 12.3. The van der Waals surface area contributed by atoms with Crippen LogP contribution in [0.2, 0.25) is 0 Å². The third-order valence-corrected chi connectivity index (χ3v) is 3.57. The molecule has 102 valence electrons. The molecule has 0 spiro atoms. The smallest absolute Gasteiger partial charge is 0.00682 e. The fraction of sp³-hybridized carbons (Fsp3) is 1.00. The normalized spacial score (nSPS) is 15.7. The molecule has 1 rings (SSSR count). The van der Waals surface area contributed by atoms with Crippen LogP contribution in [0.3, 0.4) is 0 Å². The number of rotatable bonds is 12. The number of unbranched alkanes of at least 4 members (excludes halogenated alkanes) is 3. The van der Waals surface area contributed by atoms with Crippen molar-refractivity contribution in [2.75, 3.05) is 26.2 Å². The van der Waals surface area contributed by atoms with Crippen LogP contribution in [0.1, 0.15) is 65.2 Å². The summed E-state index contributed by atoms with van der Waals surface area (Å²) in [7, 11) is 0. The quantitative estimate of drug-likeness (QED) is 0.526. The van der Waals surface area contributed by atoms with Gasteiger partial charge in [-0.2, -0.15) is 0 Å². The number of hydrogen-bond acceptors (Lipinski definition) is 2. The van der Waals surface area contributed by atoms with Crippen molar-refractivity contribution in [1.82, 2.24) is 10.2 Å². The molecule has 2 heteroatoms. The van der Waals surface area contributed by atoms with E-state index in [1.807, 2.05) is 0 Å². The Kier molecular flexibility index (Phi) is 8.72. The van der Waals surface area contributed by atoms with Crippen molar-refractivity contribution in [2.45, 2.75) is 71.3 Å². The van der Waals surface area contributed by atoms with Crippen molar-refractivity contribution in [3.05, 3.63) is 0 Å². The molecular weight excluding hydrogens is 208 g/mol. The average molecular weight is 240 g/mol. The summed E-state index contributed by atoms with van der Waals surface area (Å²) >= 11 is 0. The van der Waals surface area contributed by atoms with Crippen LogP contribution in [-0.2, 0) is 0 Å². The Bertz CT molecular complexity index is 158. The van der Waals surface area contributed by atoms with E-state index in [0.717, 1.165) is 6.04 Å². The maximum absolute atomic E-state index is 3.60. The monoisotopic (exact) mass is 240 g/mol. The Hall–Kier alpha value is -0.0800. The van der Waals surface area contributed by atoms with Crippen molar-refractivity contribution in [2.24, 2.45) is 0 Å². The number of hydrogen-bond donors (Lipinski definition) is 1. The molecule has 0 amide bonds. The van der Waals surface area contributed by atoms with E-state index in [2.05, 4.69) is 24.1 Å². The highest BCUT2D eigenvalue weighted by Crippen LogP contribution is 2.18. The summed E-state index contributed by atoms with van der Waals surface area (Å²) in [5.41, 5.74) is 0. The lowest BCUT2D eigenvalue weighted by Gasteiger charge is -2.21. The first-order valence-electron chi connectivity index (χ1n) is 7.82. The fourth-order valence-corrected chi connectivity index (χ4v) is 2.15. The van der Waals surface area contributed by atoms with E-state index < -0.39 is 0 Å². The molecule has 0 aromatic heterocycles. The first-order chi connectivity index (χ1) is 8.36. The van der Waals surface area contributed by atoms with Gasteiger partial charge in [0.25, 0.3) is 0 Å². The molecule has 0 heterocycles. The number of nitrogens with one attached hydrogen (secondary N) is 1. The molecule has 1 fully saturated rings. The van der Waals surface area contributed by atoms with Crippen LogP contribution < -0.4 is 5.32 Å². The Morgan fingerprint density at radius 2 is 1.47 bits per heavy atom. The van der Waals surface area contributed by atoms with Gasteiger partial charge in [0.15, 0.2) is 0 Å². The molecule has 0 saturated heterocycles. The first kappa shape index (κ1) is 15.0. The van der Waals surface area contributed by atoms with Gasteiger partial charge in [-0.3, -0.25) is 0 Å². The maximum atomic E-state index is 3.60. The van der Waals surface area contributed by atoms with Crippen LogP contribution in [0.25, 0.3) is 0 Å². The van der Waals surface area contributed by atoms with Crippen LogP contribution in [0.4, 0.5) is 0 Å². The van der Waals surface area contributed by atoms with Gasteiger partial charge in [0.2, 0.25) is 0 Å². The molecule has 1 aliphatic rings. The summed E-state index contributed by atoms with van der Waals surface area (Å²) in [6, 6.07) is 0.881. The second-order valence-corrected chi connectivity index (χ2v) is 5.48. The van der Waals surface area contributed by atoms with E-state index in [4.69, 9.17) is 0 Å². The summed E-state index contributed by atoms with van der Waals surface area (Å²) in [6.07, 6.45) is 10.9. The van der Waals surface area contributed by atoms with Crippen molar-refractivity contribution >= 4 is 0 Å². The lowest BCUT2D eigenvalue weighted by atomic mass is 10.2. The van der Waals surface area contributed by atoms with Crippen LogP contribution >= 0.6 is 0 Å². The Labute approximate surface area is 108 Å². The van der Waals surface area contributed by atoms with E-state index in [9.17, 15) is 0 Å². The van der Waals surface area contributed by atoms with E-state index in [1.54, 1.807) is 0 Å². The van der Waals surface area contributed by atoms with Gasteiger partial charge in [-0.05, 0) is 64.7 Å². The molecule has 0 atom stereocenters. The molecule has 0 radical (unpaired) electrons. The van der Waals surface area contributed by atoms with Crippen molar-refractivity contribution in [1.29, 1.82) is 0 Å². The SMILES string of the molecule is CCCCN(CCCC)CCCCNC1CC1. The van der Waals surface area contributed by atoms with Gasteiger partial charge in [0, 0.05) is 6.04 Å². The van der Waals surface area contributed by atoms with Gasteiger partial charge in [-0.25, -0.2) is 0 Å². The van der Waals surface area contributed by atoms with Crippen LogP contribution in [-0.4, -0.2) is 37.1 Å². The van der Waals surface area contributed by atoms with Crippen molar-refractivity contribution < 1.29 is 0 Å². The van der Waals surface area contributed by atoms with Crippen LogP contribution in [0, 0.1) is 0 Å². The topological polar surface area (TPSA) is 15.3 Å². The maximum Gasteiger partial charge on any atom is 0.00682 e. The molecule has 0 bridgehead atoms. The summed E-state index contributed by atoms with van der Waals surface area (Å²) in [4.78, 5) is 2.67. The molecule has 1 saturated carbocycles. The second-order valence-electron chi connectivity index (χ2n) is 5.48.